The highest BCUT2D eigenvalue weighted by molar-refractivity contribution is 5.58. The van der Waals surface area contributed by atoms with Gasteiger partial charge in [-0.2, -0.15) is 10.1 Å². The SMILES string of the molecule is Cn1cc(-c2ccnc(N3CCC(Nc4ncc(F)c(N5CCOCC5)n4)C3)n2)cn1. The van der Waals surface area contributed by atoms with Crippen LogP contribution in [0, 0.1) is 5.82 Å². The molecule has 1 N–H and O–H groups in total. The molecule has 31 heavy (non-hydrogen) atoms. The number of hydrogen-bond donors (Lipinski definition) is 1. The smallest absolute Gasteiger partial charge is 0.225 e. The van der Waals surface area contributed by atoms with E-state index in [1.54, 1.807) is 17.1 Å². The van der Waals surface area contributed by atoms with Crippen LogP contribution >= 0.6 is 0 Å². The van der Waals surface area contributed by atoms with E-state index in [1.807, 2.05) is 24.2 Å². The molecule has 2 fully saturated rings. The molecule has 5 heterocycles. The van der Waals surface area contributed by atoms with Gasteiger partial charge in [-0.25, -0.2) is 19.3 Å². The summed E-state index contributed by atoms with van der Waals surface area (Å²) < 4.78 is 21.4. The van der Waals surface area contributed by atoms with Gasteiger partial charge in [0, 0.05) is 57.2 Å². The molecule has 0 spiro atoms. The molecule has 11 heteroatoms. The maximum Gasteiger partial charge on any atom is 0.225 e. The molecular weight excluding hydrogens is 401 g/mol. The van der Waals surface area contributed by atoms with E-state index in [2.05, 4.69) is 30.3 Å². The number of halogens is 1. The molecule has 3 aromatic heterocycles. The number of aromatic nitrogens is 6. The second kappa shape index (κ2) is 8.42. The van der Waals surface area contributed by atoms with Crippen molar-refractivity contribution in [2.75, 3.05) is 54.5 Å². The Bertz CT molecular complexity index is 1050. The number of hydrogen-bond acceptors (Lipinski definition) is 9. The maximum absolute atomic E-state index is 14.3. The lowest BCUT2D eigenvalue weighted by Crippen LogP contribution is -2.37. The van der Waals surface area contributed by atoms with Gasteiger partial charge in [0.25, 0.3) is 0 Å². The van der Waals surface area contributed by atoms with E-state index in [0.29, 0.717) is 50.6 Å². The summed E-state index contributed by atoms with van der Waals surface area (Å²) in [5.41, 5.74) is 1.79. The fraction of sp³-hybridized carbons (Fsp3) is 0.450. The predicted octanol–water partition coefficient (Wildman–Crippen LogP) is 1.33. The molecule has 3 aromatic rings. The molecule has 2 aliphatic rings. The van der Waals surface area contributed by atoms with Crippen LogP contribution in [0.25, 0.3) is 11.3 Å². The summed E-state index contributed by atoms with van der Waals surface area (Å²) in [5, 5.41) is 7.55. The Balaban J connectivity index is 1.26. The molecule has 0 bridgehead atoms. The van der Waals surface area contributed by atoms with Gasteiger partial charge in [0.15, 0.2) is 11.6 Å². The number of anilines is 3. The first-order chi connectivity index (χ1) is 15.2. The molecule has 0 amide bonds. The van der Waals surface area contributed by atoms with Gasteiger partial charge in [0.05, 0.1) is 31.3 Å². The summed E-state index contributed by atoms with van der Waals surface area (Å²) in [6, 6.07) is 2.00. The van der Waals surface area contributed by atoms with Gasteiger partial charge in [0.1, 0.15) is 0 Å². The predicted molar refractivity (Wildman–Crippen MR) is 113 cm³/mol. The standard InChI is InChI=1S/C20H24FN9O/c1-28-12-14(10-24-28)17-2-4-22-20(26-17)30-5-3-15(13-30)25-19-23-11-16(21)18(27-19)29-6-8-31-9-7-29/h2,4,10-12,15H,3,5-9,13H2,1H3,(H,23,25,27). The number of morpholine rings is 1. The highest BCUT2D eigenvalue weighted by Gasteiger charge is 2.26. The average Bonchev–Trinajstić information content (AvgIpc) is 3.45. The highest BCUT2D eigenvalue weighted by atomic mass is 19.1. The lowest BCUT2D eigenvalue weighted by Gasteiger charge is -2.28. The van der Waals surface area contributed by atoms with E-state index in [4.69, 9.17) is 9.72 Å². The van der Waals surface area contributed by atoms with Crippen molar-refractivity contribution in [3.63, 3.8) is 0 Å². The van der Waals surface area contributed by atoms with Crippen molar-refractivity contribution in [1.82, 2.24) is 29.7 Å². The lowest BCUT2D eigenvalue weighted by atomic mass is 10.2. The molecule has 1 atom stereocenters. The molecule has 1 unspecified atom stereocenters. The third-order valence-corrected chi connectivity index (χ3v) is 5.48. The summed E-state index contributed by atoms with van der Waals surface area (Å²) in [5.74, 6) is 1.02. The first kappa shape index (κ1) is 19.6. The maximum atomic E-state index is 14.3. The number of ether oxygens (including phenoxy) is 1. The van der Waals surface area contributed by atoms with Crippen LogP contribution in [0.1, 0.15) is 6.42 Å². The Kier molecular flexibility index (Phi) is 5.33. The van der Waals surface area contributed by atoms with Crippen molar-refractivity contribution in [3.05, 3.63) is 36.7 Å². The largest absolute Gasteiger partial charge is 0.378 e. The van der Waals surface area contributed by atoms with Gasteiger partial charge >= 0.3 is 0 Å². The van der Waals surface area contributed by atoms with E-state index < -0.39 is 5.82 Å². The van der Waals surface area contributed by atoms with Crippen LogP contribution in [0.5, 0.6) is 0 Å². The van der Waals surface area contributed by atoms with Crippen LogP contribution in [0.15, 0.2) is 30.9 Å². The number of rotatable bonds is 5. The van der Waals surface area contributed by atoms with Gasteiger partial charge in [-0.1, -0.05) is 0 Å². The molecule has 0 aliphatic carbocycles. The van der Waals surface area contributed by atoms with Crippen molar-refractivity contribution >= 4 is 17.7 Å². The van der Waals surface area contributed by atoms with Crippen molar-refractivity contribution in [3.8, 4) is 11.3 Å². The van der Waals surface area contributed by atoms with Crippen LogP contribution in [0.2, 0.25) is 0 Å². The lowest BCUT2D eigenvalue weighted by molar-refractivity contribution is 0.122. The topological polar surface area (TPSA) is 97.1 Å². The molecule has 0 saturated carbocycles. The highest BCUT2D eigenvalue weighted by Crippen LogP contribution is 2.23. The monoisotopic (exact) mass is 425 g/mol. The molecule has 162 valence electrons. The quantitative estimate of drug-likeness (QED) is 0.649. The normalized spacial score (nSPS) is 19.1. The van der Waals surface area contributed by atoms with Crippen molar-refractivity contribution in [1.29, 1.82) is 0 Å². The van der Waals surface area contributed by atoms with Crippen molar-refractivity contribution < 1.29 is 9.13 Å². The zero-order chi connectivity index (χ0) is 21.2. The molecule has 2 aliphatic heterocycles. The molecule has 0 aromatic carbocycles. The zero-order valence-corrected chi connectivity index (χ0v) is 17.3. The van der Waals surface area contributed by atoms with E-state index >= 15 is 0 Å². The molecule has 2 saturated heterocycles. The van der Waals surface area contributed by atoms with E-state index in [-0.39, 0.29) is 6.04 Å². The van der Waals surface area contributed by atoms with E-state index in [1.165, 1.54) is 6.20 Å². The van der Waals surface area contributed by atoms with E-state index in [9.17, 15) is 4.39 Å². The second-order valence-corrected chi connectivity index (χ2v) is 7.69. The minimum absolute atomic E-state index is 0.119. The summed E-state index contributed by atoms with van der Waals surface area (Å²) in [4.78, 5) is 21.7. The third kappa shape index (κ3) is 4.26. The molecule has 5 rings (SSSR count). The van der Waals surface area contributed by atoms with Gasteiger partial charge in [-0.3, -0.25) is 4.68 Å². The molecule has 10 nitrogen and oxygen atoms in total. The molecular formula is C20H24FN9O. The van der Waals surface area contributed by atoms with Crippen LogP contribution in [0.4, 0.5) is 22.1 Å². The summed E-state index contributed by atoms with van der Waals surface area (Å²) in [7, 11) is 1.88. The van der Waals surface area contributed by atoms with Crippen LogP contribution in [-0.4, -0.2) is 75.2 Å². The first-order valence-corrected chi connectivity index (χ1v) is 10.3. The fourth-order valence-electron chi connectivity index (χ4n) is 3.88. The van der Waals surface area contributed by atoms with Crippen LogP contribution in [0.3, 0.4) is 0 Å². The number of nitrogens with one attached hydrogen (secondary N) is 1. The minimum atomic E-state index is -0.416. The Morgan fingerprint density at radius 3 is 2.77 bits per heavy atom. The van der Waals surface area contributed by atoms with Crippen molar-refractivity contribution in [2.24, 2.45) is 7.05 Å². The third-order valence-electron chi connectivity index (χ3n) is 5.48. The van der Waals surface area contributed by atoms with Crippen LogP contribution < -0.4 is 15.1 Å². The first-order valence-electron chi connectivity index (χ1n) is 10.3. The van der Waals surface area contributed by atoms with Gasteiger partial charge in [-0.05, 0) is 12.5 Å². The Morgan fingerprint density at radius 2 is 1.97 bits per heavy atom. The fourth-order valence-corrected chi connectivity index (χ4v) is 3.88. The Hall–Kier alpha value is -3.34. The van der Waals surface area contributed by atoms with Gasteiger partial charge < -0.3 is 19.9 Å². The summed E-state index contributed by atoms with van der Waals surface area (Å²) in [6.45, 7) is 3.91. The van der Waals surface area contributed by atoms with Gasteiger partial charge in [-0.15, -0.1) is 0 Å². The number of nitrogens with zero attached hydrogens (tertiary/aromatic N) is 8. The zero-order valence-electron chi connectivity index (χ0n) is 17.3. The number of aryl methyl sites for hydroxylation is 1. The summed E-state index contributed by atoms with van der Waals surface area (Å²) >= 11 is 0. The van der Waals surface area contributed by atoms with Gasteiger partial charge in [0.2, 0.25) is 11.9 Å². The summed E-state index contributed by atoms with van der Waals surface area (Å²) in [6.07, 6.45) is 7.60. The van der Waals surface area contributed by atoms with Crippen molar-refractivity contribution in [2.45, 2.75) is 12.5 Å². The Morgan fingerprint density at radius 1 is 1.10 bits per heavy atom. The van der Waals surface area contributed by atoms with E-state index in [0.717, 1.165) is 24.2 Å². The molecule has 0 radical (unpaired) electrons. The second-order valence-electron chi connectivity index (χ2n) is 7.69. The average molecular weight is 425 g/mol. The minimum Gasteiger partial charge on any atom is -0.378 e. The Labute approximate surface area is 179 Å². The van der Waals surface area contributed by atoms with Crippen LogP contribution in [-0.2, 0) is 11.8 Å².